The van der Waals surface area contributed by atoms with E-state index in [2.05, 4.69) is 0 Å². The second kappa shape index (κ2) is 3.29. The van der Waals surface area contributed by atoms with Crippen molar-refractivity contribution in [3.05, 3.63) is 28.6 Å². The highest BCUT2D eigenvalue weighted by Gasteiger charge is 2.12. The summed E-state index contributed by atoms with van der Waals surface area (Å²) >= 11 is 1.46. The van der Waals surface area contributed by atoms with Crippen LogP contribution in [0, 0.1) is 11.3 Å². The molecule has 0 bridgehead atoms. The number of phenols is 1. The molecule has 14 heavy (non-hydrogen) atoms. The molecule has 1 heterocycles. The van der Waals surface area contributed by atoms with Crippen LogP contribution in [0.3, 0.4) is 0 Å². The Labute approximate surface area is 84.5 Å². The normalized spacial score (nSPS) is 10.3. The fourth-order valence-corrected chi connectivity index (χ4v) is 2.26. The lowest BCUT2D eigenvalue weighted by atomic mass is 10.0. The standard InChI is InChI=1S/C10H7NO2S/c11-4-7-6-1-2-14-10(6)3-9(13)8(7)5-12/h1-3,12-13H,5H2. The molecule has 0 radical (unpaired) electrons. The quantitative estimate of drug-likeness (QED) is 0.748. The van der Waals surface area contributed by atoms with Crippen LogP contribution in [0.2, 0.25) is 0 Å². The van der Waals surface area contributed by atoms with E-state index in [1.54, 1.807) is 6.07 Å². The predicted octanol–water partition coefficient (Wildman–Crippen LogP) is 1.97. The molecule has 0 saturated heterocycles. The zero-order valence-electron chi connectivity index (χ0n) is 7.19. The van der Waals surface area contributed by atoms with Crippen LogP contribution in [-0.4, -0.2) is 10.2 Å². The largest absolute Gasteiger partial charge is 0.507 e. The molecule has 1 aromatic heterocycles. The number of aromatic hydroxyl groups is 1. The Morgan fingerprint density at radius 2 is 2.29 bits per heavy atom. The van der Waals surface area contributed by atoms with Crippen molar-refractivity contribution in [2.75, 3.05) is 0 Å². The van der Waals surface area contributed by atoms with Gasteiger partial charge in [-0.2, -0.15) is 5.26 Å². The molecule has 70 valence electrons. The number of rotatable bonds is 1. The Morgan fingerprint density at radius 3 is 2.93 bits per heavy atom. The number of hydrogen-bond donors (Lipinski definition) is 2. The fraction of sp³-hybridized carbons (Fsp3) is 0.100. The Kier molecular flexibility index (Phi) is 2.12. The number of aliphatic hydroxyl groups is 1. The fourth-order valence-electron chi connectivity index (χ4n) is 1.43. The Bertz CT molecular complexity index is 525. The van der Waals surface area contributed by atoms with Gasteiger partial charge >= 0.3 is 0 Å². The monoisotopic (exact) mass is 205 g/mol. The van der Waals surface area contributed by atoms with E-state index in [1.807, 2.05) is 17.5 Å². The van der Waals surface area contributed by atoms with E-state index in [9.17, 15) is 5.11 Å². The van der Waals surface area contributed by atoms with Gasteiger partial charge in [0.2, 0.25) is 0 Å². The molecule has 0 saturated carbocycles. The minimum absolute atomic E-state index is 0.0148. The minimum atomic E-state index is -0.319. The van der Waals surface area contributed by atoms with Crippen LogP contribution in [0.5, 0.6) is 5.75 Å². The summed E-state index contributed by atoms with van der Waals surface area (Å²) in [5.74, 6) is -0.0148. The number of hydrogen-bond acceptors (Lipinski definition) is 4. The summed E-state index contributed by atoms with van der Waals surface area (Å²) in [6, 6.07) is 5.40. The molecule has 0 atom stereocenters. The summed E-state index contributed by atoms with van der Waals surface area (Å²) < 4.78 is 0.858. The van der Waals surface area contributed by atoms with Crippen LogP contribution >= 0.6 is 11.3 Å². The first-order valence-electron chi connectivity index (χ1n) is 4.01. The molecule has 0 unspecified atom stereocenters. The van der Waals surface area contributed by atoms with Gasteiger partial charge in [0.15, 0.2) is 0 Å². The second-order valence-corrected chi connectivity index (χ2v) is 3.80. The Morgan fingerprint density at radius 1 is 1.50 bits per heavy atom. The van der Waals surface area contributed by atoms with Gasteiger partial charge in [-0.15, -0.1) is 11.3 Å². The van der Waals surface area contributed by atoms with Crippen LogP contribution in [0.4, 0.5) is 0 Å². The number of benzene rings is 1. The topological polar surface area (TPSA) is 64.2 Å². The molecule has 0 aliphatic heterocycles. The van der Waals surface area contributed by atoms with Crippen LogP contribution in [0.15, 0.2) is 17.5 Å². The number of thiophene rings is 1. The summed E-state index contributed by atoms with van der Waals surface area (Å²) in [5.41, 5.74) is 0.669. The van der Waals surface area contributed by atoms with Gasteiger partial charge in [-0.1, -0.05) is 0 Å². The van der Waals surface area contributed by atoms with E-state index in [-0.39, 0.29) is 12.4 Å². The lowest BCUT2D eigenvalue weighted by Crippen LogP contribution is -1.90. The summed E-state index contributed by atoms with van der Waals surface area (Å²) in [6.07, 6.45) is 0. The molecule has 2 rings (SSSR count). The van der Waals surface area contributed by atoms with E-state index in [0.717, 1.165) is 10.1 Å². The van der Waals surface area contributed by atoms with Crippen molar-refractivity contribution >= 4 is 21.4 Å². The molecule has 0 fully saturated rings. The third-order valence-electron chi connectivity index (χ3n) is 2.11. The average Bonchev–Trinajstić information content (AvgIpc) is 2.62. The molecule has 2 aromatic rings. The average molecular weight is 205 g/mol. The molecule has 4 heteroatoms. The van der Waals surface area contributed by atoms with Gasteiger partial charge in [0.25, 0.3) is 0 Å². The first-order chi connectivity index (χ1) is 6.77. The van der Waals surface area contributed by atoms with Crippen LogP contribution in [0.25, 0.3) is 10.1 Å². The highest BCUT2D eigenvalue weighted by atomic mass is 32.1. The van der Waals surface area contributed by atoms with Crippen molar-refractivity contribution in [3.63, 3.8) is 0 Å². The molecule has 3 nitrogen and oxygen atoms in total. The third-order valence-corrected chi connectivity index (χ3v) is 2.98. The van der Waals surface area contributed by atoms with Crippen molar-refractivity contribution in [1.82, 2.24) is 0 Å². The van der Waals surface area contributed by atoms with Crippen LogP contribution < -0.4 is 0 Å². The Balaban J connectivity index is 2.91. The van der Waals surface area contributed by atoms with E-state index in [4.69, 9.17) is 10.4 Å². The molecule has 0 aliphatic carbocycles. The zero-order chi connectivity index (χ0) is 10.1. The van der Waals surface area contributed by atoms with Crippen LogP contribution in [0.1, 0.15) is 11.1 Å². The lowest BCUT2D eigenvalue weighted by Gasteiger charge is -2.04. The molecular formula is C10H7NO2S. The summed E-state index contributed by atoms with van der Waals surface area (Å²) in [6.45, 7) is -0.319. The first-order valence-corrected chi connectivity index (χ1v) is 4.89. The van der Waals surface area contributed by atoms with E-state index in [0.29, 0.717) is 11.1 Å². The summed E-state index contributed by atoms with van der Waals surface area (Å²) in [4.78, 5) is 0. The van der Waals surface area contributed by atoms with Crippen LogP contribution in [-0.2, 0) is 6.61 Å². The SMILES string of the molecule is N#Cc1c(CO)c(O)cc2sccc12. The summed E-state index contributed by atoms with van der Waals surface area (Å²) in [7, 11) is 0. The molecular weight excluding hydrogens is 198 g/mol. The van der Waals surface area contributed by atoms with Gasteiger partial charge < -0.3 is 10.2 Å². The van der Waals surface area contributed by atoms with Gasteiger partial charge in [0.1, 0.15) is 11.8 Å². The van der Waals surface area contributed by atoms with Gasteiger partial charge in [-0.05, 0) is 17.5 Å². The van der Waals surface area contributed by atoms with Gasteiger partial charge in [0.05, 0.1) is 12.2 Å². The molecule has 0 spiro atoms. The maximum atomic E-state index is 9.53. The number of nitriles is 1. The number of nitrogens with zero attached hydrogens (tertiary/aromatic N) is 1. The Hall–Kier alpha value is -1.57. The summed E-state index contributed by atoms with van der Waals surface area (Å²) in [5, 5.41) is 30.1. The smallest absolute Gasteiger partial charge is 0.123 e. The molecule has 2 N–H and O–H groups in total. The molecule has 0 amide bonds. The van der Waals surface area contributed by atoms with E-state index in [1.165, 1.54) is 11.3 Å². The van der Waals surface area contributed by atoms with Gasteiger partial charge in [-0.25, -0.2) is 0 Å². The number of fused-ring (bicyclic) bond motifs is 1. The molecule has 1 aromatic carbocycles. The highest BCUT2D eigenvalue weighted by molar-refractivity contribution is 7.17. The molecule has 0 aliphatic rings. The lowest BCUT2D eigenvalue weighted by molar-refractivity contribution is 0.275. The predicted molar refractivity (Wildman–Crippen MR) is 54.1 cm³/mol. The van der Waals surface area contributed by atoms with Crippen molar-refractivity contribution in [2.24, 2.45) is 0 Å². The third kappa shape index (κ3) is 1.15. The van der Waals surface area contributed by atoms with Gasteiger partial charge in [-0.3, -0.25) is 0 Å². The van der Waals surface area contributed by atoms with E-state index < -0.39 is 0 Å². The maximum Gasteiger partial charge on any atom is 0.123 e. The van der Waals surface area contributed by atoms with Crippen molar-refractivity contribution < 1.29 is 10.2 Å². The number of aliphatic hydroxyl groups excluding tert-OH is 1. The highest BCUT2D eigenvalue weighted by Crippen LogP contribution is 2.32. The first kappa shape index (κ1) is 9.00. The van der Waals surface area contributed by atoms with Crippen molar-refractivity contribution in [2.45, 2.75) is 6.61 Å². The second-order valence-electron chi connectivity index (χ2n) is 2.85. The van der Waals surface area contributed by atoms with Gasteiger partial charge in [0, 0.05) is 15.6 Å². The van der Waals surface area contributed by atoms with E-state index >= 15 is 0 Å². The van der Waals surface area contributed by atoms with Crippen molar-refractivity contribution in [3.8, 4) is 11.8 Å². The zero-order valence-corrected chi connectivity index (χ0v) is 8.01. The maximum absolute atomic E-state index is 9.53. The minimum Gasteiger partial charge on any atom is -0.507 e. The van der Waals surface area contributed by atoms with Crippen molar-refractivity contribution in [1.29, 1.82) is 5.26 Å².